The van der Waals surface area contributed by atoms with Crippen molar-refractivity contribution in [2.75, 3.05) is 18.0 Å². The molecule has 1 aliphatic carbocycles. The van der Waals surface area contributed by atoms with E-state index in [0.717, 1.165) is 41.0 Å². The van der Waals surface area contributed by atoms with Crippen molar-refractivity contribution in [3.05, 3.63) is 137 Å². The highest BCUT2D eigenvalue weighted by Crippen LogP contribution is 2.52. The lowest BCUT2D eigenvalue weighted by Crippen LogP contribution is -2.39. The third kappa shape index (κ3) is 2.83. The van der Waals surface area contributed by atoms with Gasteiger partial charge in [0.05, 0.1) is 11.0 Å². The van der Waals surface area contributed by atoms with E-state index in [0.29, 0.717) is 0 Å². The number of benzene rings is 4. The second kappa shape index (κ2) is 8.12. The van der Waals surface area contributed by atoms with Crippen LogP contribution in [0.2, 0.25) is 0 Å². The van der Waals surface area contributed by atoms with Crippen molar-refractivity contribution >= 4 is 11.5 Å². The Labute approximate surface area is 190 Å². The highest BCUT2D eigenvalue weighted by Gasteiger charge is 2.47. The van der Waals surface area contributed by atoms with Crippen molar-refractivity contribution in [2.24, 2.45) is 0 Å². The van der Waals surface area contributed by atoms with Gasteiger partial charge in [-0.2, -0.15) is 0 Å². The van der Waals surface area contributed by atoms with Crippen LogP contribution >= 0.6 is 0 Å². The Balaban J connectivity index is 1.98. The van der Waals surface area contributed by atoms with Gasteiger partial charge in [-0.05, 0) is 42.2 Å². The number of nitrogens with zero attached hydrogens (tertiary/aromatic N) is 1. The van der Waals surface area contributed by atoms with E-state index in [2.05, 4.69) is 104 Å². The summed E-state index contributed by atoms with van der Waals surface area (Å²) in [5, 5.41) is 0. The van der Waals surface area contributed by atoms with E-state index in [9.17, 15) is 4.79 Å². The zero-order chi connectivity index (χ0) is 22.1. The van der Waals surface area contributed by atoms with Crippen LogP contribution < -0.4 is 4.90 Å². The first kappa shape index (κ1) is 20.3. The van der Waals surface area contributed by atoms with Crippen LogP contribution in [-0.4, -0.2) is 18.9 Å². The maximum absolute atomic E-state index is 14.0. The van der Waals surface area contributed by atoms with Crippen LogP contribution in [-0.2, 0) is 5.41 Å². The Morgan fingerprint density at radius 2 is 1.16 bits per heavy atom. The predicted octanol–water partition coefficient (Wildman–Crippen LogP) is 6.46. The quantitative estimate of drug-likeness (QED) is 0.327. The van der Waals surface area contributed by atoms with Crippen LogP contribution in [0.15, 0.2) is 103 Å². The Kier molecular flexibility index (Phi) is 5.14. The lowest BCUT2D eigenvalue weighted by molar-refractivity contribution is 0.103. The third-order valence-electron chi connectivity index (χ3n) is 6.77. The molecular weight excluding hydrogens is 390 g/mol. The van der Waals surface area contributed by atoms with E-state index in [4.69, 9.17) is 0 Å². The summed E-state index contributed by atoms with van der Waals surface area (Å²) in [7, 11) is 0. The molecule has 4 aromatic carbocycles. The maximum Gasteiger partial charge on any atom is 0.195 e. The van der Waals surface area contributed by atoms with Crippen LogP contribution in [0.5, 0.6) is 0 Å². The molecule has 0 unspecified atom stereocenters. The fraction of sp³-hybridized carbons (Fsp3) is 0.167. The smallest absolute Gasteiger partial charge is 0.195 e. The molecular formula is C30H27NO. The molecule has 0 N–H and O–H groups in total. The summed E-state index contributed by atoms with van der Waals surface area (Å²) in [6.07, 6.45) is 0. The molecule has 32 heavy (non-hydrogen) atoms. The number of carbonyl (C=O) groups is 1. The van der Waals surface area contributed by atoms with Crippen molar-refractivity contribution in [1.29, 1.82) is 0 Å². The third-order valence-corrected chi connectivity index (χ3v) is 6.77. The van der Waals surface area contributed by atoms with Crippen molar-refractivity contribution in [3.8, 4) is 0 Å². The SMILES string of the molecule is CCN(CC)c1cccc2c1C(=O)c1ccccc1C2(c1ccccc1)c1ccccc1. The van der Waals surface area contributed by atoms with Gasteiger partial charge in [-0.3, -0.25) is 4.79 Å². The molecule has 0 amide bonds. The summed E-state index contributed by atoms with van der Waals surface area (Å²) in [6, 6.07) is 35.7. The molecule has 0 saturated carbocycles. The topological polar surface area (TPSA) is 20.3 Å². The van der Waals surface area contributed by atoms with Gasteiger partial charge in [0.1, 0.15) is 0 Å². The van der Waals surface area contributed by atoms with Gasteiger partial charge >= 0.3 is 0 Å². The van der Waals surface area contributed by atoms with E-state index in [-0.39, 0.29) is 5.78 Å². The summed E-state index contributed by atoms with van der Waals surface area (Å²) in [5.41, 5.74) is 6.51. The predicted molar refractivity (Wildman–Crippen MR) is 132 cm³/mol. The normalized spacial score (nSPS) is 13.9. The van der Waals surface area contributed by atoms with Crippen LogP contribution in [0, 0.1) is 0 Å². The summed E-state index contributed by atoms with van der Waals surface area (Å²) in [5.74, 6) is 0.112. The second-order valence-electron chi connectivity index (χ2n) is 8.23. The number of anilines is 1. The molecule has 2 nitrogen and oxygen atoms in total. The molecule has 0 bridgehead atoms. The monoisotopic (exact) mass is 417 g/mol. The first-order chi connectivity index (χ1) is 15.7. The maximum atomic E-state index is 14.0. The van der Waals surface area contributed by atoms with Crippen molar-refractivity contribution in [3.63, 3.8) is 0 Å². The molecule has 5 rings (SSSR count). The number of rotatable bonds is 5. The fourth-order valence-corrected chi connectivity index (χ4v) is 5.37. The van der Waals surface area contributed by atoms with Gasteiger partial charge in [0.2, 0.25) is 0 Å². The molecule has 158 valence electrons. The minimum atomic E-state index is -0.564. The highest BCUT2D eigenvalue weighted by molar-refractivity contribution is 6.17. The summed E-state index contributed by atoms with van der Waals surface area (Å²) in [6.45, 7) is 5.99. The molecule has 0 radical (unpaired) electrons. The lowest BCUT2D eigenvalue weighted by atomic mass is 9.59. The second-order valence-corrected chi connectivity index (χ2v) is 8.23. The molecule has 0 aliphatic heterocycles. The average Bonchev–Trinajstić information content (AvgIpc) is 2.86. The first-order valence-electron chi connectivity index (χ1n) is 11.4. The van der Waals surface area contributed by atoms with Crippen molar-refractivity contribution < 1.29 is 4.79 Å². The van der Waals surface area contributed by atoms with Gasteiger partial charge in [0, 0.05) is 24.3 Å². The van der Waals surface area contributed by atoms with Gasteiger partial charge in [-0.1, -0.05) is 97.1 Å². The number of hydrogen-bond acceptors (Lipinski definition) is 2. The zero-order valence-electron chi connectivity index (χ0n) is 18.6. The van der Waals surface area contributed by atoms with E-state index in [1.807, 2.05) is 18.2 Å². The Morgan fingerprint density at radius 1 is 0.625 bits per heavy atom. The van der Waals surface area contributed by atoms with Crippen molar-refractivity contribution in [1.82, 2.24) is 0 Å². The van der Waals surface area contributed by atoms with Crippen LogP contribution in [0.25, 0.3) is 0 Å². The Hall–Kier alpha value is -3.65. The van der Waals surface area contributed by atoms with Gasteiger partial charge < -0.3 is 4.90 Å². The summed E-state index contributed by atoms with van der Waals surface area (Å²) in [4.78, 5) is 16.3. The molecule has 4 aromatic rings. The minimum Gasteiger partial charge on any atom is -0.371 e. The average molecular weight is 418 g/mol. The number of ketones is 1. The summed E-state index contributed by atoms with van der Waals surface area (Å²) < 4.78 is 0. The van der Waals surface area contributed by atoms with E-state index >= 15 is 0 Å². The van der Waals surface area contributed by atoms with E-state index in [1.165, 1.54) is 11.1 Å². The van der Waals surface area contributed by atoms with Crippen molar-refractivity contribution in [2.45, 2.75) is 19.3 Å². The molecule has 0 heterocycles. The van der Waals surface area contributed by atoms with Gasteiger partial charge in [-0.15, -0.1) is 0 Å². The largest absolute Gasteiger partial charge is 0.371 e. The van der Waals surface area contributed by atoms with E-state index < -0.39 is 5.41 Å². The molecule has 0 fully saturated rings. The number of fused-ring (bicyclic) bond motifs is 2. The molecule has 0 saturated heterocycles. The minimum absolute atomic E-state index is 0.112. The molecule has 1 aliphatic rings. The number of hydrogen-bond donors (Lipinski definition) is 0. The number of carbonyl (C=O) groups excluding carboxylic acids is 1. The Bertz CT molecular complexity index is 1220. The van der Waals surface area contributed by atoms with Crippen LogP contribution in [0.4, 0.5) is 5.69 Å². The van der Waals surface area contributed by atoms with E-state index in [1.54, 1.807) is 0 Å². The molecule has 2 heteroatoms. The summed E-state index contributed by atoms with van der Waals surface area (Å²) >= 11 is 0. The molecule has 0 atom stereocenters. The van der Waals surface area contributed by atoms with Gasteiger partial charge in [0.15, 0.2) is 5.78 Å². The van der Waals surface area contributed by atoms with Crippen LogP contribution in [0.1, 0.15) is 52.0 Å². The molecule has 0 spiro atoms. The lowest BCUT2D eigenvalue weighted by Gasteiger charge is -2.43. The highest BCUT2D eigenvalue weighted by atomic mass is 16.1. The van der Waals surface area contributed by atoms with Gasteiger partial charge in [-0.25, -0.2) is 0 Å². The zero-order valence-corrected chi connectivity index (χ0v) is 18.6. The standard InChI is InChI=1S/C30H27NO/c1-3-31(4-2)27-21-13-20-26-28(27)29(32)24-18-11-12-19-25(24)30(26,22-14-7-5-8-15-22)23-16-9-6-10-17-23/h5-21H,3-4H2,1-2H3. The fourth-order valence-electron chi connectivity index (χ4n) is 5.37. The van der Waals surface area contributed by atoms with Crippen LogP contribution in [0.3, 0.4) is 0 Å². The molecule has 0 aromatic heterocycles. The first-order valence-corrected chi connectivity index (χ1v) is 11.4. The Morgan fingerprint density at radius 3 is 1.75 bits per heavy atom. The van der Waals surface area contributed by atoms with Gasteiger partial charge in [0.25, 0.3) is 0 Å².